The van der Waals surface area contributed by atoms with Crippen LogP contribution in [0.4, 0.5) is 0 Å². The molecule has 0 aromatic rings. The van der Waals surface area contributed by atoms with Crippen molar-refractivity contribution in [2.75, 3.05) is 13.2 Å². The van der Waals surface area contributed by atoms with Gasteiger partial charge in [-0.1, -0.05) is 443 Å². The minimum Gasteiger partial charge on any atom is -0.394 e. The van der Waals surface area contributed by atoms with Crippen LogP contribution < -0.4 is 5.32 Å². The van der Waals surface area contributed by atoms with Gasteiger partial charge in [0.05, 0.1) is 25.4 Å². The molecule has 1 rings (SSSR count). The Hall–Kier alpha value is -1.33. The third-order valence-corrected chi connectivity index (χ3v) is 21.3. The summed E-state index contributed by atoms with van der Waals surface area (Å²) in [5, 5.41) is 55.0. The van der Waals surface area contributed by atoms with E-state index in [1.165, 1.54) is 411 Å². The minimum absolute atomic E-state index is 0.165. The summed E-state index contributed by atoms with van der Waals surface area (Å²) in [5.41, 5.74) is 0. The van der Waals surface area contributed by atoms with E-state index in [1.807, 2.05) is 6.08 Å². The van der Waals surface area contributed by atoms with Gasteiger partial charge in [0, 0.05) is 6.42 Å². The second-order valence-electron chi connectivity index (χ2n) is 30.7. The number of ether oxygens (including phenoxy) is 2. The van der Waals surface area contributed by atoms with Gasteiger partial charge in [-0.15, -0.1) is 0 Å². The Morgan fingerprint density at radius 2 is 0.583 bits per heavy atom. The summed E-state index contributed by atoms with van der Waals surface area (Å²) < 4.78 is 11.4. The van der Waals surface area contributed by atoms with E-state index < -0.39 is 49.5 Å². The number of aliphatic hydroxyl groups is 5. The average Bonchev–Trinajstić information content (AvgIpc) is 0.840. The predicted octanol–water partition coefficient (Wildman–Crippen LogP) is 25.5. The SMILES string of the molecule is CCCCCCCCCC/C=C\CCCCCCCCCCCCCCCCCCCCCCCCCCCCCCCC(=O)NC(COC1OC(CO)C(O)C(O)C1O)C(O)/C=C/CCCCCCCCCCCCCCCCCCCCCCCCCCCCCCCC. The summed E-state index contributed by atoms with van der Waals surface area (Å²) in [5.74, 6) is -0.165. The number of nitrogens with one attached hydrogen (secondary N) is 1. The summed E-state index contributed by atoms with van der Waals surface area (Å²) >= 11 is 0. The Labute approximate surface area is 598 Å². The summed E-state index contributed by atoms with van der Waals surface area (Å²) in [6.45, 7) is 3.86. The largest absolute Gasteiger partial charge is 0.394 e. The fourth-order valence-corrected chi connectivity index (χ4v) is 14.5. The number of hydrogen-bond acceptors (Lipinski definition) is 8. The Balaban J connectivity index is 2.01. The molecule has 0 aromatic carbocycles. The smallest absolute Gasteiger partial charge is 0.220 e. The number of carbonyl (C=O) groups is 1. The fourth-order valence-electron chi connectivity index (χ4n) is 14.5. The van der Waals surface area contributed by atoms with Crippen LogP contribution >= 0.6 is 0 Å². The Bertz CT molecular complexity index is 1570. The first-order valence-electron chi connectivity index (χ1n) is 43.6. The highest BCUT2D eigenvalue weighted by molar-refractivity contribution is 5.76. The molecule has 1 amide bonds. The maximum Gasteiger partial charge on any atom is 0.220 e. The molecule has 1 fully saturated rings. The van der Waals surface area contributed by atoms with E-state index in [2.05, 4.69) is 31.3 Å². The molecule has 0 radical (unpaired) electrons. The first-order chi connectivity index (χ1) is 47.3. The predicted molar refractivity (Wildman–Crippen MR) is 415 cm³/mol. The molecule has 0 aliphatic carbocycles. The molecule has 6 N–H and O–H groups in total. The van der Waals surface area contributed by atoms with Crippen molar-refractivity contribution in [3.05, 3.63) is 24.3 Å². The topological polar surface area (TPSA) is 149 Å². The first kappa shape index (κ1) is 92.7. The van der Waals surface area contributed by atoms with E-state index in [4.69, 9.17) is 9.47 Å². The highest BCUT2D eigenvalue weighted by Crippen LogP contribution is 2.24. The molecule has 1 aliphatic rings. The lowest BCUT2D eigenvalue weighted by molar-refractivity contribution is -0.302. The molecule has 0 spiro atoms. The van der Waals surface area contributed by atoms with Gasteiger partial charge in [-0.25, -0.2) is 0 Å². The van der Waals surface area contributed by atoms with Crippen molar-refractivity contribution in [2.45, 2.75) is 513 Å². The van der Waals surface area contributed by atoms with Crippen molar-refractivity contribution >= 4 is 5.91 Å². The fraction of sp³-hybridized carbons (Fsp3) is 0.943. The van der Waals surface area contributed by atoms with Gasteiger partial charge in [-0.2, -0.15) is 0 Å². The monoisotopic (exact) mass is 1360 g/mol. The van der Waals surface area contributed by atoms with Crippen molar-refractivity contribution in [3.63, 3.8) is 0 Å². The van der Waals surface area contributed by atoms with Gasteiger partial charge in [0.15, 0.2) is 6.29 Å². The van der Waals surface area contributed by atoms with Crippen LogP contribution in [-0.4, -0.2) is 87.5 Å². The Kier molecular flexibility index (Phi) is 73.7. The molecule has 1 saturated heterocycles. The zero-order chi connectivity index (χ0) is 69.2. The normalized spacial score (nSPS) is 17.4. The number of carbonyl (C=O) groups excluding carboxylic acids is 1. The molecule has 96 heavy (non-hydrogen) atoms. The van der Waals surface area contributed by atoms with E-state index in [9.17, 15) is 30.3 Å². The number of aliphatic hydroxyl groups excluding tert-OH is 5. The number of unbranched alkanes of at least 4 members (excludes halogenated alkanes) is 67. The van der Waals surface area contributed by atoms with Crippen molar-refractivity contribution in [1.29, 1.82) is 0 Å². The molecule has 7 unspecified atom stereocenters. The van der Waals surface area contributed by atoms with Gasteiger partial charge in [0.1, 0.15) is 24.4 Å². The van der Waals surface area contributed by atoms with Crippen molar-refractivity contribution < 1.29 is 39.8 Å². The standard InChI is InChI=1S/C87H169NO8/c1-3-5-7-9-11-13-15-17-19-21-23-25-27-29-31-33-35-37-38-39-40-41-42-43-44-45-47-49-51-53-55-57-59-61-63-65-67-69-71-73-75-77-83(91)88-80(79-95-87-86(94)85(93)84(92)82(78-89)96-87)81(90)76-74-72-70-68-66-64-62-60-58-56-54-52-50-48-46-36-34-32-30-28-26-24-22-20-18-16-14-12-10-8-6-4-2/h21,23,74,76,80-82,84-87,89-90,92-94H,3-20,22,24-73,75,77-79H2,1-2H3,(H,88,91)/b23-21-,76-74+. The zero-order valence-electron chi connectivity index (χ0n) is 64.4. The molecule has 7 atom stereocenters. The molecule has 1 aliphatic heterocycles. The van der Waals surface area contributed by atoms with E-state index in [1.54, 1.807) is 6.08 Å². The molecule has 0 aromatic heterocycles. The van der Waals surface area contributed by atoms with E-state index in [0.717, 1.165) is 38.5 Å². The molecular formula is C87H169NO8. The Morgan fingerprint density at radius 1 is 0.344 bits per heavy atom. The second kappa shape index (κ2) is 76.3. The maximum atomic E-state index is 13.2. The number of allylic oxidation sites excluding steroid dienone is 3. The van der Waals surface area contributed by atoms with Crippen LogP contribution in [0.3, 0.4) is 0 Å². The average molecular weight is 1360 g/mol. The van der Waals surface area contributed by atoms with Crippen LogP contribution in [0.25, 0.3) is 0 Å². The van der Waals surface area contributed by atoms with E-state index in [-0.39, 0.29) is 12.5 Å². The summed E-state index contributed by atoms with van der Waals surface area (Å²) in [4.78, 5) is 13.2. The van der Waals surface area contributed by atoms with Gasteiger partial charge in [0.2, 0.25) is 5.91 Å². The second-order valence-corrected chi connectivity index (χ2v) is 30.7. The summed E-state index contributed by atoms with van der Waals surface area (Å²) in [6.07, 6.45) is 96.6. The lowest BCUT2D eigenvalue weighted by Gasteiger charge is -2.40. The lowest BCUT2D eigenvalue weighted by atomic mass is 9.99. The third-order valence-electron chi connectivity index (χ3n) is 21.3. The highest BCUT2D eigenvalue weighted by atomic mass is 16.7. The molecule has 1 heterocycles. The number of rotatable bonds is 79. The maximum absolute atomic E-state index is 13.2. The molecule has 570 valence electrons. The van der Waals surface area contributed by atoms with Gasteiger partial charge < -0.3 is 40.3 Å². The van der Waals surface area contributed by atoms with E-state index >= 15 is 0 Å². The van der Waals surface area contributed by atoms with Crippen LogP contribution in [0.15, 0.2) is 24.3 Å². The van der Waals surface area contributed by atoms with E-state index in [0.29, 0.717) is 6.42 Å². The van der Waals surface area contributed by atoms with Crippen molar-refractivity contribution in [3.8, 4) is 0 Å². The first-order valence-corrected chi connectivity index (χ1v) is 43.6. The van der Waals surface area contributed by atoms with Crippen LogP contribution in [0, 0.1) is 0 Å². The quantitative estimate of drug-likeness (QED) is 0.0261. The zero-order valence-corrected chi connectivity index (χ0v) is 64.4. The molecular weight excluding hydrogens is 1190 g/mol. The molecule has 0 bridgehead atoms. The Morgan fingerprint density at radius 3 is 0.844 bits per heavy atom. The van der Waals surface area contributed by atoms with Crippen molar-refractivity contribution in [1.82, 2.24) is 5.32 Å². The third kappa shape index (κ3) is 63.6. The minimum atomic E-state index is -1.57. The molecule has 9 nitrogen and oxygen atoms in total. The number of hydrogen-bond donors (Lipinski definition) is 6. The van der Waals surface area contributed by atoms with Crippen LogP contribution in [-0.2, 0) is 14.3 Å². The summed E-state index contributed by atoms with van der Waals surface area (Å²) in [6, 6.07) is -0.804. The van der Waals surface area contributed by atoms with Gasteiger partial charge in [0.25, 0.3) is 0 Å². The van der Waals surface area contributed by atoms with Gasteiger partial charge in [-0.3, -0.25) is 4.79 Å². The molecule has 9 heteroatoms. The lowest BCUT2D eigenvalue weighted by Crippen LogP contribution is -2.60. The highest BCUT2D eigenvalue weighted by Gasteiger charge is 2.44. The van der Waals surface area contributed by atoms with Gasteiger partial charge in [-0.05, 0) is 44.9 Å². The van der Waals surface area contributed by atoms with Crippen LogP contribution in [0.5, 0.6) is 0 Å². The molecule has 0 saturated carbocycles. The number of amides is 1. The van der Waals surface area contributed by atoms with Crippen molar-refractivity contribution in [2.24, 2.45) is 0 Å². The van der Waals surface area contributed by atoms with Crippen LogP contribution in [0.1, 0.15) is 470 Å². The summed E-state index contributed by atoms with van der Waals surface area (Å²) in [7, 11) is 0. The van der Waals surface area contributed by atoms with Gasteiger partial charge >= 0.3 is 0 Å². The van der Waals surface area contributed by atoms with Crippen LogP contribution in [0.2, 0.25) is 0 Å².